The zero-order valence-electron chi connectivity index (χ0n) is 18.2. The lowest BCUT2D eigenvalue weighted by Gasteiger charge is -2.12. The Morgan fingerprint density at radius 3 is 2.61 bits per heavy atom. The number of allylic oxidation sites excluding steroid dienone is 1. The van der Waals surface area contributed by atoms with E-state index in [0.717, 1.165) is 34.7 Å². The van der Waals surface area contributed by atoms with Gasteiger partial charge < -0.3 is 9.67 Å². The summed E-state index contributed by atoms with van der Waals surface area (Å²) in [6.07, 6.45) is 7.15. The summed E-state index contributed by atoms with van der Waals surface area (Å²) in [5, 5.41) is 8.88. The summed E-state index contributed by atoms with van der Waals surface area (Å²) in [6.45, 7) is 0.182. The number of benzene rings is 1. The molecule has 1 aromatic carbocycles. The van der Waals surface area contributed by atoms with E-state index in [9.17, 15) is 17.6 Å². The van der Waals surface area contributed by atoms with Crippen molar-refractivity contribution in [2.45, 2.75) is 30.6 Å². The quantitative estimate of drug-likeness (QED) is 0.415. The molecule has 174 valence electrons. The lowest BCUT2D eigenvalue weighted by Crippen LogP contribution is -2.26. The Morgan fingerprint density at radius 2 is 1.94 bits per heavy atom. The number of nitrogens with one attached hydrogen (secondary N) is 1. The van der Waals surface area contributed by atoms with Crippen molar-refractivity contribution in [3.63, 3.8) is 0 Å². The largest absolute Gasteiger partial charge is 0.481 e. The number of aliphatic carboxylic acids is 1. The van der Waals surface area contributed by atoms with Crippen LogP contribution in [0.4, 0.5) is 4.39 Å². The van der Waals surface area contributed by atoms with Crippen molar-refractivity contribution >= 4 is 21.6 Å². The first kappa shape index (κ1) is 24.3. The molecule has 3 rings (SSSR count). The second-order valence-electron chi connectivity index (χ2n) is 7.52. The molecule has 0 saturated heterocycles. The number of hydrogen-bond donors (Lipinski definition) is 2. The Labute approximate surface area is 192 Å². The van der Waals surface area contributed by atoms with Gasteiger partial charge in [-0.15, -0.1) is 0 Å². The Kier molecular flexibility index (Phi) is 8.13. The zero-order valence-corrected chi connectivity index (χ0v) is 19.1. The predicted octanol–water partition coefficient (Wildman–Crippen LogP) is 3.77. The lowest BCUT2D eigenvalue weighted by atomic mass is 10.0. The van der Waals surface area contributed by atoms with E-state index in [2.05, 4.69) is 9.71 Å². The number of sulfonamides is 1. The van der Waals surface area contributed by atoms with Crippen LogP contribution in [0.25, 0.3) is 5.57 Å². The minimum Gasteiger partial charge on any atom is -0.481 e. The molecular formula is C24H26FN3O4S. The molecule has 0 atom stereocenters. The van der Waals surface area contributed by atoms with Gasteiger partial charge >= 0.3 is 5.97 Å². The minimum atomic E-state index is -3.73. The first-order chi connectivity index (χ1) is 15.8. The maximum Gasteiger partial charge on any atom is 0.303 e. The third-order valence-corrected chi connectivity index (χ3v) is 6.69. The zero-order chi connectivity index (χ0) is 23.8. The fourth-order valence-electron chi connectivity index (χ4n) is 3.48. The first-order valence-corrected chi connectivity index (χ1v) is 12.0. The molecule has 3 aromatic rings. The van der Waals surface area contributed by atoms with Gasteiger partial charge in [0.05, 0.1) is 4.90 Å². The molecule has 0 bridgehead atoms. The van der Waals surface area contributed by atoms with Gasteiger partial charge in [0.1, 0.15) is 5.82 Å². The van der Waals surface area contributed by atoms with Gasteiger partial charge in [-0.05, 0) is 55.3 Å². The molecule has 0 aliphatic rings. The molecule has 0 spiro atoms. The van der Waals surface area contributed by atoms with Crippen LogP contribution in [0, 0.1) is 5.82 Å². The van der Waals surface area contributed by atoms with Gasteiger partial charge in [-0.3, -0.25) is 9.78 Å². The van der Waals surface area contributed by atoms with Gasteiger partial charge in [-0.2, -0.15) is 0 Å². The standard InChI is InChI=1S/C24H26FN3O4S/c1-28-20(14-16-27-33(31,32)21-11-8-19(25)9-12-21)10-13-23(28)22(6-2-3-7-24(29)30)18-5-4-15-26-17-18/h4-6,8-13,15,17,27H,2-3,7,14,16H2,1H3,(H,29,30)/b22-6-. The highest BCUT2D eigenvalue weighted by Crippen LogP contribution is 2.26. The Hall–Kier alpha value is -3.30. The van der Waals surface area contributed by atoms with Crippen LogP contribution < -0.4 is 4.72 Å². The van der Waals surface area contributed by atoms with Gasteiger partial charge in [0.15, 0.2) is 0 Å². The fourth-order valence-corrected chi connectivity index (χ4v) is 4.51. The van der Waals surface area contributed by atoms with Crippen LogP contribution in [0.15, 0.2) is 71.9 Å². The monoisotopic (exact) mass is 471 g/mol. The summed E-state index contributed by atoms with van der Waals surface area (Å²) >= 11 is 0. The molecule has 0 fully saturated rings. The van der Waals surface area contributed by atoms with Crippen LogP contribution in [-0.4, -0.2) is 35.6 Å². The molecule has 0 aliphatic heterocycles. The van der Waals surface area contributed by atoms with Gasteiger partial charge in [-0.1, -0.05) is 12.1 Å². The van der Waals surface area contributed by atoms with Crippen LogP contribution >= 0.6 is 0 Å². The summed E-state index contributed by atoms with van der Waals surface area (Å²) in [7, 11) is -1.82. The van der Waals surface area contributed by atoms with Crippen molar-refractivity contribution in [3.05, 3.63) is 89.8 Å². The van der Waals surface area contributed by atoms with Crippen LogP contribution in [0.3, 0.4) is 0 Å². The van der Waals surface area contributed by atoms with Crippen molar-refractivity contribution < 1.29 is 22.7 Å². The van der Waals surface area contributed by atoms with Crippen LogP contribution in [0.2, 0.25) is 0 Å². The highest BCUT2D eigenvalue weighted by Gasteiger charge is 2.15. The summed E-state index contributed by atoms with van der Waals surface area (Å²) in [5.74, 6) is -1.32. The van der Waals surface area contributed by atoms with Crippen molar-refractivity contribution in [1.29, 1.82) is 0 Å². The average molecular weight is 472 g/mol. The Balaban J connectivity index is 1.73. The summed E-state index contributed by atoms with van der Waals surface area (Å²) < 4.78 is 42.4. The maximum atomic E-state index is 13.1. The number of halogens is 1. The van der Waals surface area contributed by atoms with E-state index in [1.54, 1.807) is 12.4 Å². The highest BCUT2D eigenvalue weighted by molar-refractivity contribution is 7.89. The predicted molar refractivity (Wildman–Crippen MR) is 124 cm³/mol. The lowest BCUT2D eigenvalue weighted by molar-refractivity contribution is -0.137. The molecule has 0 aliphatic carbocycles. The van der Waals surface area contributed by atoms with E-state index in [-0.39, 0.29) is 17.9 Å². The van der Waals surface area contributed by atoms with E-state index in [4.69, 9.17) is 5.11 Å². The van der Waals surface area contributed by atoms with E-state index >= 15 is 0 Å². The molecule has 33 heavy (non-hydrogen) atoms. The number of carbonyl (C=O) groups is 1. The van der Waals surface area contributed by atoms with Crippen LogP contribution in [0.5, 0.6) is 0 Å². The number of hydrogen-bond acceptors (Lipinski definition) is 4. The van der Waals surface area contributed by atoms with Gasteiger partial charge in [-0.25, -0.2) is 17.5 Å². The number of pyridine rings is 1. The van der Waals surface area contributed by atoms with Crippen molar-refractivity contribution in [3.8, 4) is 0 Å². The van der Waals surface area contributed by atoms with Crippen molar-refractivity contribution in [2.75, 3.05) is 6.54 Å². The second-order valence-corrected chi connectivity index (χ2v) is 9.28. The number of rotatable bonds is 11. The van der Waals surface area contributed by atoms with Crippen molar-refractivity contribution in [2.24, 2.45) is 7.05 Å². The normalized spacial score (nSPS) is 12.1. The third kappa shape index (κ3) is 6.59. The molecule has 9 heteroatoms. The van der Waals surface area contributed by atoms with E-state index in [0.29, 0.717) is 19.3 Å². The molecular weight excluding hydrogens is 445 g/mol. The number of aromatic nitrogens is 2. The van der Waals surface area contributed by atoms with E-state index in [1.165, 1.54) is 12.1 Å². The van der Waals surface area contributed by atoms with E-state index < -0.39 is 21.8 Å². The average Bonchev–Trinajstić information content (AvgIpc) is 3.14. The molecule has 2 heterocycles. The number of carboxylic acids is 1. The third-order valence-electron chi connectivity index (χ3n) is 5.21. The second kappa shape index (κ2) is 11.0. The topological polar surface area (TPSA) is 101 Å². The molecule has 2 N–H and O–H groups in total. The fraction of sp³-hybridized carbons (Fsp3) is 0.250. The molecule has 0 unspecified atom stereocenters. The minimum absolute atomic E-state index is 0.0135. The molecule has 2 aromatic heterocycles. The molecule has 7 nitrogen and oxygen atoms in total. The smallest absolute Gasteiger partial charge is 0.303 e. The van der Waals surface area contributed by atoms with E-state index in [1.807, 2.05) is 42.0 Å². The summed E-state index contributed by atoms with van der Waals surface area (Å²) in [6, 6.07) is 12.4. The first-order valence-electron chi connectivity index (χ1n) is 10.5. The van der Waals surface area contributed by atoms with Gasteiger partial charge in [0.2, 0.25) is 10.0 Å². The summed E-state index contributed by atoms with van der Waals surface area (Å²) in [4.78, 5) is 15.0. The van der Waals surface area contributed by atoms with Crippen LogP contribution in [0.1, 0.15) is 36.2 Å². The van der Waals surface area contributed by atoms with Gasteiger partial charge in [0.25, 0.3) is 0 Å². The molecule has 0 saturated carbocycles. The Bertz CT molecular complexity index is 1220. The SMILES string of the molecule is Cn1c(CCNS(=O)(=O)c2ccc(F)cc2)ccc1/C(=C\CCCC(=O)O)c1cccnc1. The number of nitrogens with zero attached hydrogens (tertiary/aromatic N) is 2. The number of carboxylic acid groups (broad SMARTS) is 1. The van der Waals surface area contributed by atoms with Crippen LogP contribution in [-0.2, 0) is 28.3 Å². The molecule has 0 radical (unpaired) electrons. The van der Waals surface area contributed by atoms with Gasteiger partial charge in [0, 0.05) is 61.4 Å². The Morgan fingerprint density at radius 1 is 1.18 bits per heavy atom. The summed E-state index contributed by atoms with van der Waals surface area (Å²) in [5.41, 5.74) is 3.70. The maximum absolute atomic E-state index is 13.1. The highest BCUT2D eigenvalue weighted by atomic mass is 32.2. The molecule has 0 amide bonds. The van der Waals surface area contributed by atoms with Crippen molar-refractivity contribution in [1.82, 2.24) is 14.3 Å². The number of unbranched alkanes of at least 4 members (excludes halogenated alkanes) is 1.